The van der Waals surface area contributed by atoms with Gasteiger partial charge in [-0.3, -0.25) is 0 Å². The molecule has 2 aromatic carbocycles. The SMILES string of the molecule is CC(Cc1ccccc1)N[C@H](C)c1ccccc1Br. The largest absolute Gasteiger partial charge is 0.307 e. The first-order chi connectivity index (χ1) is 9.16. The van der Waals surface area contributed by atoms with E-state index in [9.17, 15) is 0 Å². The molecular formula is C17H20BrN. The smallest absolute Gasteiger partial charge is 0.0305 e. The molecule has 0 amide bonds. The minimum atomic E-state index is 0.342. The first kappa shape index (κ1) is 14.3. The average molecular weight is 318 g/mol. The molecule has 0 bridgehead atoms. The summed E-state index contributed by atoms with van der Waals surface area (Å²) in [6.07, 6.45) is 1.05. The highest BCUT2D eigenvalue weighted by atomic mass is 79.9. The quantitative estimate of drug-likeness (QED) is 0.840. The molecule has 0 aliphatic heterocycles. The van der Waals surface area contributed by atoms with Crippen LogP contribution >= 0.6 is 15.9 Å². The predicted octanol–water partition coefficient (Wildman–Crippen LogP) is 4.73. The average Bonchev–Trinajstić information content (AvgIpc) is 2.40. The fourth-order valence-corrected chi connectivity index (χ4v) is 3.00. The summed E-state index contributed by atoms with van der Waals surface area (Å²) in [6.45, 7) is 4.45. The number of hydrogen-bond donors (Lipinski definition) is 1. The molecule has 0 aliphatic rings. The van der Waals surface area contributed by atoms with Crippen molar-refractivity contribution in [3.8, 4) is 0 Å². The van der Waals surface area contributed by atoms with Crippen LogP contribution in [-0.2, 0) is 6.42 Å². The van der Waals surface area contributed by atoms with E-state index < -0.39 is 0 Å². The van der Waals surface area contributed by atoms with Crippen LogP contribution in [0.25, 0.3) is 0 Å². The lowest BCUT2D eigenvalue weighted by Gasteiger charge is -2.21. The van der Waals surface area contributed by atoms with E-state index in [2.05, 4.69) is 83.6 Å². The molecule has 0 saturated carbocycles. The van der Waals surface area contributed by atoms with Crippen molar-refractivity contribution in [2.24, 2.45) is 0 Å². The first-order valence-corrected chi connectivity index (χ1v) is 7.50. The van der Waals surface area contributed by atoms with E-state index in [1.165, 1.54) is 15.6 Å². The fourth-order valence-electron chi connectivity index (χ4n) is 2.37. The Bertz CT molecular complexity index is 510. The van der Waals surface area contributed by atoms with Crippen LogP contribution in [-0.4, -0.2) is 6.04 Å². The third-order valence-corrected chi connectivity index (χ3v) is 4.01. The van der Waals surface area contributed by atoms with Crippen molar-refractivity contribution in [3.05, 3.63) is 70.2 Å². The van der Waals surface area contributed by atoms with E-state index in [1.54, 1.807) is 0 Å². The zero-order valence-corrected chi connectivity index (χ0v) is 13.0. The minimum Gasteiger partial charge on any atom is -0.307 e. The summed E-state index contributed by atoms with van der Waals surface area (Å²) in [5, 5.41) is 3.66. The second kappa shape index (κ2) is 6.88. The lowest BCUT2D eigenvalue weighted by atomic mass is 10.0. The molecule has 2 rings (SSSR count). The molecule has 0 saturated heterocycles. The highest BCUT2D eigenvalue weighted by Gasteiger charge is 2.11. The maximum Gasteiger partial charge on any atom is 0.0305 e. The van der Waals surface area contributed by atoms with Gasteiger partial charge in [0.15, 0.2) is 0 Å². The van der Waals surface area contributed by atoms with Gasteiger partial charge in [-0.1, -0.05) is 64.5 Å². The molecule has 100 valence electrons. The Kier molecular flexibility index (Phi) is 5.17. The van der Waals surface area contributed by atoms with Gasteiger partial charge < -0.3 is 5.32 Å². The molecular weight excluding hydrogens is 298 g/mol. The summed E-state index contributed by atoms with van der Waals surface area (Å²) in [6, 6.07) is 19.8. The Balaban J connectivity index is 1.96. The van der Waals surface area contributed by atoms with Crippen LogP contribution in [0.1, 0.15) is 31.0 Å². The van der Waals surface area contributed by atoms with Crippen molar-refractivity contribution >= 4 is 15.9 Å². The van der Waals surface area contributed by atoms with Gasteiger partial charge in [-0.25, -0.2) is 0 Å². The zero-order chi connectivity index (χ0) is 13.7. The second-order valence-corrected chi connectivity index (χ2v) is 5.85. The predicted molar refractivity (Wildman–Crippen MR) is 85.3 cm³/mol. The van der Waals surface area contributed by atoms with Gasteiger partial charge in [-0.05, 0) is 37.5 Å². The highest BCUT2D eigenvalue weighted by Crippen LogP contribution is 2.23. The standard InChI is InChI=1S/C17H20BrN/c1-13(12-15-8-4-3-5-9-15)19-14(2)16-10-6-7-11-17(16)18/h3-11,13-14,19H,12H2,1-2H3/t13?,14-/m1/s1. The van der Waals surface area contributed by atoms with Crippen LogP contribution in [0.15, 0.2) is 59.1 Å². The normalized spacial score (nSPS) is 14.1. The Morgan fingerprint density at radius 2 is 1.58 bits per heavy atom. The maximum absolute atomic E-state index is 3.66. The molecule has 19 heavy (non-hydrogen) atoms. The molecule has 0 spiro atoms. The monoisotopic (exact) mass is 317 g/mol. The van der Waals surface area contributed by atoms with Crippen LogP contribution in [0.3, 0.4) is 0 Å². The van der Waals surface area contributed by atoms with Crippen molar-refractivity contribution in [1.82, 2.24) is 5.32 Å². The Morgan fingerprint density at radius 3 is 2.26 bits per heavy atom. The van der Waals surface area contributed by atoms with E-state index in [4.69, 9.17) is 0 Å². The lowest BCUT2D eigenvalue weighted by Crippen LogP contribution is -2.30. The van der Waals surface area contributed by atoms with Crippen LogP contribution in [0.4, 0.5) is 0 Å². The lowest BCUT2D eigenvalue weighted by molar-refractivity contribution is 0.476. The summed E-state index contributed by atoms with van der Waals surface area (Å²) in [4.78, 5) is 0. The van der Waals surface area contributed by atoms with Crippen molar-refractivity contribution in [2.75, 3.05) is 0 Å². The highest BCUT2D eigenvalue weighted by molar-refractivity contribution is 9.10. The third-order valence-electron chi connectivity index (χ3n) is 3.29. The molecule has 2 atom stereocenters. The number of benzene rings is 2. The fraction of sp³-hybridized carbons (Fsp3) is 0.294. The van der Waals surface area contributed by atoms with E-state index in [0.29, 0.717) is 12.1 Å². The van der Waals surface area contributed by atoms with Gasteiger partial charge in [0.1, 0.15) is 0 Å². The molecule has 0 aliphatic carbocycles. The number of halogens is 1. The minimum absolute atomic E-state index is 0.342. The van der Waals surface area contributed by atoms with E-state index in [0.717, 1.165) is 6.42 Å². The Hall–Kier alpha value is -1.12. The molecule has 1 N–H and O–H groups in total. The van der Waals surface area contributed by atoms with E-state index in [-0.39, 0.29) is 0 Å². The van der Waals surface area contributed by atoms with Crippen LogP contribution in [0, 0.1) is 0 Å². The topological polar surface area (TPSA) is 12.0 Å². The van der Waals surface area contributed by atoms with Gasteiger partial charge in [-0.15, -0.1) is 0 Å². The molecule has 2 aromatic rings. The molecule has 0 heterocycles. The molecule has 1 nitrogen and oxygen atoms in total. The van der Waals surface area contributed by atoms with E-state index in [1.807, 2.05) is 6.07 Å². The van der Waals surface area contributed by atoms with E-state index >= 15 is 0 Å². The first-order valence-electron chi connectivity index (χ1n) is 6.71. The summed E-state index contributed by atoms with van der Waals surface area (Å²) < 4.78 is 1.17. The summed E-state index contributed by atoms with van der Waals surface area (Å²) >= 11 is 3.61. The van der Waals surface area contributed by atoms with Crippen molar-refractivity contribution in [3.63, 3.8) is 0 Å². The Labute approximate surface area is 124 Å². The van der Waals surface area contributed by atoms with Gasteiger partial charge in [0.25, 0.3) is 0 Å². The number of hydrogen-bond acceptors (Lipinski definition) is 1. The van der Waals surface area contributed by atoms with Gasteiger partial charge in [0, 0.05) is 16.6 Å². The van der Waals surface area contributed by atoms with Crippen LogP contribution in [0.5, 0.6) is 0 Å². The van der Waals surface area contributed by atoms with Gasteiger partial charge in [0.2, 0.25) is 0 Å². The summed E-state index contributed by atoms with van der Waals surface area (Å²) in [5.41, 5.74) is 2.68. The van der Waals surface area contributed by atoms with Crippen molar-refractivity contribution < 1.29 is 0 Å². The van der Waals surface area contributed by atoms with Crippen LogP contribution in [0.2, 0.25) is 0 Å². The van der Waals surface area contributed by atoms with Crippen molar-refractivity contribution in [1.29, 1.82) is 0 Å². The third kappa shape index (κ3) is 4.19. The van der Waals surface area contributed by atoms with Gasteiger partial charge in [0.05, 0.1) is 0 Å². The molecule has 1 unspecified atom stereocenters. The van der Waals surface area contributed by atoms with Gasteiger partial charge >= 0.3 is 0 Å². The van der Waals surface area contributed by atoms with Gasteiger partial charge in [-0.2, -0.15) is 0 Å². The second-order valence-electron chi connectivity index (χ2n) is 5.00. The summed E-state index contributed by atoms with van der Waals surface area (Å²) in [5.74, 6) is 0. The Morgan fingerprint density at radius 1 is 0.947 bits per heavy atom. The molecule has 2 heteroatoms. The molecule has 0 fully saturated rings. The number of nitrogens with one attached hydrogen (secondary N) is 1. The molecule has 0 radical (unpaired) electrons. The van der Waals surface area contributed by atoms with Crippen LogP contribution < -0.4 is 5.32 Å². The summed E-state index contributed by atoms with van der Waals surface area (Å²) in [7, 11) is 0. The van der Waals surface area contributed by atoms with Crippen molar-refractivity contribution in [2.45, 2.75) is 32.4 Å². The zero-order valence-electron chi connectivity index (χ0n) is 11.4. The number of rotatable bonds is 5. The maximum atomic E-state index is 3.66. The molecule has 0 aromatic heterocycles.